The van der Waals surface area contributed by atoms with E-state index in [1.807, 2.05) is 54.6 Å². The predicted molar refractivity (Wildman–Crippen MR) is 97.9 cm³/mol. The summed E-state index contributed by atoms with van der Waals surface area (Å²) in [7, 11) is 0. The first kappa shape index (κ1) is 16.1. The maximum Gasteiger partial charge on any atom is 0.276 e. The molecular formula is C18H15BrN4O. The molecule has 5 nitrogen and oxygen atoms in total. The van der Waals surface area contributed by atoms with Crippen LogP contribution in [0.5, 0.6) is 0 Å². The molecule has 1 amide bonds. The molecule has 0 atom stereocenters. The van der Waals surface area contributed by atoms with Crippen molar-refractivity contribution in [1.82, 2.24) is 10.2 Å². The number of anilines is 2. The monoisotopic (exact) mass is 382 g/mol. The van der Waals surface area contributed by atoms with Crippen molar-refractivity contribution in [2.75, 3.05) is 10.6 Å². The molecule has 0 bridgehead atoms. The van der Waals surface area contributed by atoms with E-state index < -0.39 is 0 Å². The Hall–Kier alpha value is -2.73. The SMILES string of the molecule is O=C(Nc1ccc(Br)cc1)c1ccc(NCc2ccccc2)nn1. The molecule has 120 valence electrons. The number of carbonyl (C=O) groups excluding carboxylic acids is 1. The summed E-state index contributed by atoms with van der Waals surface area (Å²) in [6.45, 7) is 0.653. The number of carbonyl (C=O) groups is 1. The van der Waals surface area contributed by atoms with E-state index >= 15 is 0 Å². The van der Waals surface area contributed by atoms with Crippen LogP contribution in [0.2, 0.25) is 0 Å². The molecule has 0 radical (unpaired) electrons. The molecule has 0 fully saturated rings. The van der Waals surface area contributed by atoms with Crippen molar-refractivity contribution in [3.63, 3.8) is 0 Å². The van der Waals surface area contributed by atoms with Crippen molar-refractivity contribution in [3.05, 3.63) is 82.5 Å². The van der Waals surface area contributed by atoms with E-state index in [1.165, 1.54) is 0 Å². The van der Waals surface area contributed by atoms with Crippen molar-refractivity contribution in [2.45, 2.75) is 6.54 Å². The second kappa shape index (κ2) is 7.70. The van der Waals surface area contributed by atoms with Crippen LogP contribution in [0, 0.1) is 0 Å². The Morgan fingerprint density at radius 1 is 0.917 bits per heavy atom. The van der Waals surface area contributed by atoms with Crippen LogP contribution < -0.4 is 10.6 Å². The van der Waals surface area contributed by atoms with E-state index in [9.17, 15) is 4.79 Å². The molecule has 0 saturated heterocycles. The number of nitrogens with one attached hydrogen (secondary N) is 2. The summed E-state index contributed by atoms with van der Waals surface area (Å²) in [4.78, 5) is 12.1. The minimum Gasteiger partial charge on any atom is -0.365 e. The third-order valence-electron chi connectivity index (χ3n) is 3.32. The summed E-state index contributed by atoms with van der Waals surface area (Å²) in [5.41, 5.74) is 2.12. The molecule has 6 heteroatoms. The number of hydrogen-bond acceptors (Lipinski definition) is 4. The summed E-state index contributed by atoms with van der Waals surface area (Å²) < 4.78 is 0.953. The summed E-state index contributed by atoms with van der Waals surface area (Å²) >= 11 is 3.35. The minimum absolute atomic E-state index is 0.267. The van der Waals surface area contributed by atoms with Crippen molar-refractivity contribution < 1.29 is 4.79 Å². The van der Waals surface area contributed by atoms with Crippen LogP contribution in [0.25, 0.3) is 0 Å². The fraction of sp³-hybridized carbons (Fsp3) is 0.0556. The molecule has 3 aromatic rings. The summed E-state index contributed by atoms with van der Waals surface area (Å²) in [5.74, 6) is 0.332. The third kappa shape index (κ3) is 4.39. The van der Waals surface area contributed by atoms with Gasteiger partial charge in [-0.3, -0.25) is 4.79 Å². The first-order valence-corrected chi connectivity index (χ1v) is 8.18. The van der Waals surface area contributed by atoms with Crippen LogP contribution in [0.1, 0.15) is 16.1 Å². The van der Waals surface area contributed by atoms with E-state index in [0.717, 1.165) is 10.0 Å². The van der Waals surface area contributed by atoms with Gasteiger partial charge in [-0.1, -0.05) is 46.3 Å². The van der Waals surface area contributed by atoms with Gasteiger partial charge in [-0.2, -0.15) is 0 Å². The standard InChI is InChI=1S/C18H15BrN4O/c19-14-6-8-15(9-7-14)21-18(24)16-10-11-17(23-22-16)20-12-13-4-2-1-3-5-13/h1-11H,12H2,(H,20,23)(H,21,24). The van der Waals surface area contributed by atoms with Crippen LogP contribution >= 0.6 is 15.9 Å². The van der Waals surface area contributed by atoms with Gasteiger partial charge in [-0.25, -0.2) is 0 Å². The second-order valence-corrected chi connectivity index (χ2v) is 6.02. The van der Waals surface area contributed by atoms with Gasteiger partial charge in [0, 0.05) is 16.7 Å². The summed E-state index contributed by atoms with van der Waals surface area (Å²) in [5, 5.41) is 14.0. The number of halogens is 1. The van der Waals surface area contributed by atoms with Gasteiger partial charge in [0.2, 0.25) is 0 Å². The van der Waals surface area contributed by atoms with E-state index in [0.29, 0.717) is 18.1 Å². The van der Waals surface area contributed by atoms with Gasteiger partial charge in [-0.15, -0.1) is 10.2 Å². The first-order chi connectivity index (χ1) is 11.7. The van der Waals surface area contributed by atoms with Crippen LogP contribution in [0.4, 0.5) is 11.5 Å². The quantitative estimate of drug-likeness (QED) is 0.696. The number of aromatic nitrogens is 2. The Morgan fingerprint density at radius 3 is 2.33 bits per heavy atom. The number of amides is 1. The van der Waals surface area contributed by atoms with Gasteiger partial charge in [-0.05, 0) is 42.0 Å². The molecule has 1 aromatic heterocycles. The highest BCUT2D eigenvalue weighted by atomic mass is 79.9. The van der Waals surface area contributed by atoms with Crippen LogP contribution in [0.15, 0.2) is 71.2 Å². The Bertz CT molecular complexity index is 805. The molecule has 0 aliphatic carbocycles. The van der Waals surface area contributed by atoms with Crippen molar-refractivity contribution in [1.29, 1.82) is 0 Å². The molecule has 24 heavy (non-hydrogen) atoms. The highest BCUT2D eigenvalue weighted by Gasteiger charge is 2.08. The molecule has 3 rings (SSSR count). The lowest BCUT2D eigenvalue weighted by atomic mass is 10.2. The number of rotatable bonds is 5. The third-order valence-corrected chi connectivity index (χ3v) is 3.84. The molecule has 1 heterocycles. The van der Waals surface area contributed by atoms with Gasteiger partial charge in [0.1, 0.15) is 5.82 Å². The predicted octanol–water partition coefficient (Wildman–Crippen LogP) is 4.10. The van der Waals surface area contributed by atoms with Gasteiger partial charge >= 0.3 is 0 Å². The Kier molecular flexibility index (Phi) is 5.18. The Balaban J connectivity index is 1.59. The largest absolute Gasteiger partial charge is 0.365 e. The van der Waals surface area contributed by atoms with Gasteiger partial charge < -0.3 is 10.6 Å². The minimum atomic E-state index is -0.292. The van der Waals surface area contributed by atoms with Crippen molar-refractivity contribution in [2.24, 2.45) is 0 Å². The molecule has 0 unspecified atom stereocenters. The summed E-state index contributed by atoms with van der Waals surface area (Å²) in [6, 6.07) is 20.7. The van der Waals surface area contributed by atoms with E-state index in [1.54, 1.807) is 12.1 Å². The van der Waals surface area contributed by atoms with Gasteiger partial charge in [0.05, 0.1) is 0 Å². The molecule has 0 saturated carbocycles. The van der Waals surface area contributed by atoms with Crippen LogP contribution in [-0.4, -0.2) is 16.1 Å². The lowest BCUT2D eigenvalue weighted by Gasteiger charge is -2.07. The average Bonchev–Trinajstić information content (AvgIpc) is 2.63. The summed E-state index contributed by atoms with van der Waals surface area (Å²) in [6.07, 6.45) is 0. The van der Waals surface area contributed by atoms with E-state index in [2.05, 4.69) is 36.8 Å². The smallest absolute Gasteiger partial charge is 0.276 e. The first-order valence-electron chi connectivity index (χ1n) is 7.39. The zero-order valence-electron chi connectivity index (χ0n) is 12.7. The van der Waals surface area contributed by atoms with Gasteiger partial charge in [0.15, 0.2) is 5.69 Å². The topological polar surface area (TPSA) is 66.9 Å². The number of nitrogens with zero attached hydrogens (tertiary/aromatic N) is 2. The van der Waals surface area contributed by atoms with Crippen molar-refractivity contribution >= 4 is 33.3 Å². The normalized spacial score (nSPS) is 10.2. The maximum absolute atomic E-state index is 12.1. The fourth-order valence-corrected chi connectivity index (χ4v) is 2.33. The molecule has 0 aliphatic rings. The zero-order chi connectivity index (χ0) is 16.8. The molecule has 0 spiro atoms. The molecular weight excluding hydrogens is 368 g/mol. The zero-order valence-corrected chi connectivity index (χ0v) is 14.3. The van der Waals surface area contributed by atoms with Crippen molar-refractivity contribution in [3.8, 4) is 0 Å². The van der Waals surface area contributed by atoms with Crippen LogP contribution in [-0.2, 0) is 6.54 Å². The second-order valence-electron chi connectivity index (χ2n) is 5.10. The highest BCUT2D eigenvalue weighted by molar-refractivity contribution is 9.10. The Labute approximate surface area is 148 Å². The van der Waals surface area contributed by atoms with Crippen LogP contribution in [0.3, 0.4) is 0 Å². The highest BCUT2D eigenvalue weighted by Crippen LogP contribution is 2.15. The lowest BCUT2D eigenvalue weighted by Crippen LogP contribution is -2.14. The lowest BCUT2D eigenvalue weighted by molar-refractivity contribution is 0.102. The molecule has 2 aromatic carbocycles. The van der Waals surface area contributed by atoms with E-state index in [4.69, 9.17) is 0 Å². The van der Waals surface area contributed by atoms with Gasteiger partial charge in [0.25, 0.3) is 5.91 Å². The fourth-order valence-electron chi connectivity index (χ4n) is 2.06. The van der Waals surface area contributed by atoms with E-state index in [-0.39, 0.29) is 11.6 Å². The number of benzene rings is 2. The average molecular weight is 383 g/mol. The number of hydrogen-bond donors (Lipinski definition) is 2. The maximum atomic E-state index is 12.1. The Morgan fingerprint density at radius 2 is 1.67 bits per heavy atom. The molecule has 0 aliphatic heterocycles. The molecule has 2 N–H and O–H groups in total.